The molecule has 1 amide bonds. The molecular weight excluding hydrogens is 248 g/mol. The number of hydrogen-bond donors (Lipinski definition) is 2. The first kappa shape index (κ1) is 15.8. The SMILES string of the molecule is CC1(CNC(=O)CCC2CCNC2)CCCC1.Cl. The van der Waals surface area contributed by atoms with Gasteiger partial charge in [-0.3, -0.25) is 4.79 Å². The zero-order valence-corrected chi connectivity index (χ0v) is 12.3. The molecule has 106 valence electrons. The average Bonchev–Trinajstić information content (AvgIpc) is 2.95. The molecule has 4 heteroatoms. The first-order chi connectivity index (χ1) is 8.18. The van der Waals surface area contributed by atoms with Gasteiger partial charge < -0.3 is 10.6 Å². The molecule has 3 nitrogen and oxygen atoms in total. The fourth-order valence-electron chi connectivity index (χ4n) is 3.10. The third-order valence-corrected chi connectivity index (χ3v) is 4.47. The second kappa shape index (κ2) is 7.34. The minimum absolute atomic E-state index is 0. The summed E-state index contributed by atoms with van der Waals surface area (Å²) in [5.41, 5.74) is 0.380. The number of nitrogens with one attached hydrogen (secondary N) is 2. The second-order valence-electron chi connectivity index (χ2n) is 6.19. The molecule has 0 aromatic heterocycles. The van der Waals surface area contributed by atoms with Gasteiger partial charge in [0.25, 0.3) is 0 Å². The highest BCUT2D eigenvalue weighted by molar-refractivity contribution is 5.85. The minimum atomic E-state index is 0. The van der Waals surface area contributed by atoms with Crippen LogP contribution < -0.4 is 10.6 Å². The van der Waals surface area contributed by atoms with E-state index in [0.29, 0.717) is 11.8 Å². The Morgan fingerprint density at radius 1 is 1.39 bits per heavy atom. The van der Waals surface area contributed by atoms with Gasteiger partial charge in [-0.25, -0.2) is 0 Å². The molecule has 1 heterocycles. The Labute approximate surface area is 117 Å². The highest BCUT2D eigenvalue weighted by Gasteiger charge is 2.28. The molecule has 2 rings (SSSR count). The fraction of sp³-hybridized carbons (Fsp3) is 0.929. The summed E-state index contributed by atoms with van der Waals surface area (Å²) in [6, 6.07) is 0. The smallest absolute Gasteiger partial charge is 0.220 e. The monoisotopic (exact) mass is 274 g/mol. The molecule has 0 spiro atoms. The summed E-state index contributed by atoms with van der Waals surface area (Å²) in [5, 5.41) is 6.48. The number of amides is 1. The van der Waals surface area contributed by atoms with Gasteiger partial charge in [0, 0.05) is 13.0 Å². The molecule has 1 unspecified atom stereocenters. The molecule has 1 atom stereocenters. The molecule has 1 aliphatic carbocycles. The minimum Gasteiger partial charge on any atom is -0.356 e. The largest absolute Gasteiger partial charge is 0.356 e. The molecule has 1 saturated carbocycles. The van der Waals surface area contributed by atoms with Crippen LogP contribution in [0.25, 0.3) is 0 Å². The zero-order valence-electron chi connectivity index (χ0n) is 11.5. The topological polar surface area (TPSA) is 41.1 Å². The van der Waals surface area contributed by atoms with E-state index < -0.39 is 0 Å². The van der Waals surface area contributed by atoms with Crippen LogP contribution in [0.1, 0.15) is 51.9 Å². The standard InChI is InChI=1S/C14H26N2O.ClH/c1-14(7-2-3-8-14)11-16-13(17)5-4-12-6-9-15-10-12;/h12,15H,2-11H2,1H3,(H,16,17);1H. The highest BCUT2D eigenvalue weighted by Crippen LogP contribution is 2.36. The predicted octanol–water partition coefficient (Wildman–Crippen LogP) is 2.49. The van der Waals surface area contributed by atoms with Crippen molar-refractivity contribution >= 4 is 18.3 Å². The van der Waals surface area contributed by atoms with Gasteiger partial charge in [-0.05, 0) is 50.1 Å². The van der Waals surface area contributed by atoms with Crippen LogP contribution in [-0.4, -0.2) is 25.5 Å². The van der Waals surface area contributed by atoms with Crippen LogP contribution in [0.15, 0.2) is 0 Å². The van der Waals surface area contributed by atoms with E-state index in [1.54, 1.807) is 0 Å². The van der Waals surface area contributed by atoms with Crippen LogP contribution in [0.3, 0.4) is 0 Å². The van der Waals surface area contributed by atoms with Crippen molar-refractivity contribution in [2.75, 3.05) is 19.6 Å². The van der Waals surface area contributed by atoms with E-state index in [0.717, 1.165) is 32.0 Å². The van der Waals surface area contributed by atoms with E-state index >= 15 is 0 Å². The van der Waals surface area contributed by atoms with E-state index in [4.69, 9.17) is 0 Å². The van der Waals surface area contributed by atoms with E-state index in [-0.39, 0.29) is 18.3 Å². The summed E-state index contributed by atoms with van der Waals surface area (Å²) < 4.78 is 0. The maximum Gasteiger partial charge on any atom is 0.220 e. The number of hydrogen-bond acceptors (Lipinski definition) is 2. The summed E-state index contributed by atoms with van der Waals surface area (Å²) >= 11 is 0. The maximum absolute atomic E-state index is 11.8. The number of carbonyl (C=O) groups is 1. The Morgan fingerprint density at radius 2 is 2.11 bits per heavy atom. The quantitative estimate of drug-likeness (QED) is 0.809. The molecule has 2 fully saturated rings. The molecule has 0 aromatic rings. The Balaban J connectivity index is 0.00000162. The summed E-state index contributed by atoms with van der Waals surface area (Å²) in [5.74, 6) is 0.979. The Kier molecular flexibility index (Phi) is 6.44. The molecule has 0 radical (unpaired) electrons. The maximum atomic E-state index is 11.8. The van der Waals surface area contributed by atoms with Crippen molar-refractivity contribution < 1.29 is 4.79 Å². The molecule has 0 bridgehead atoms. The third-order valence-electron chi connectivity index (χ3n) is 4.47. The normalized spacial score (nSPS) is 25.7. The Bertz CT molecular complexity index is 259. The average molecular weight is 275 g/mol. The molecule has 2 aliphatic rings. The lowest BCUT2D eigenvalue weighted by atomic mass is 9.89. The fourth-order valence-corrected chi connectivity index (χ4v) is 3.10. The number of rotatable bonds is 5. The summed E-state index contributed by atoms with van der Waals surface area (Å²) in [6.45, 7) is 5.42. The van der Waals surface area contributed by atoms with Crippen LogP contribution in [0.5, 0.6) is 0 Å². The molecule has 2 N–H and O–H groups in total. The van der Waals surface area contributed by atoms with Crippen molar-refractivity contribution in [3.8, 4) is 0 Å². The first-order valence-corrected chi connectivity index (χ1v) is 7.15. The van der Waals surface area contributed by atoms with E-state index in [9.17, 15) is 4.79 Å². The lowest BCUT2D eigenvalue weighted by molar-refractivity contribution is -0.121. The van der Waals surface area contributed by atoms with Gasteiger partial charge in [0.2, 0.25) is 5.91 Å². The van der Waals surface area contributed by atoms with Gasteiger partial charge in [0.1, 0.15) is 0 Å². The second-order valence-corrected chi connectivity index (χ2v) is 6.19. The van der Waals surface area contributed by atoms with Crippen LogP contribution in [-0.2, 0) is 4.79 Å². The Morgan fingerprint density at radius 3 is 2.72 bits per heavy atom. The van der Waals surface area contributed by atoms with Gasteiger partial charge in [-0.2, -0.15) is 0 Å². The summed E-state index contributed by atoms with van der Waals surface area (Å²) in [6.07, 6.45) is 8.23. The van der Waals surface area contributed by atoms with E-state index in [2.05, 4.69) is 17.6 Å². The van der Waals surface area contributed by atoms with Gasteiger partial charge in [0.05, 0.1) is 0 Å². The zero-order chi connectivity index (χ0) is 12.1. The molecule has 18 heavy (non-hydrogen) atoms. The number of halogens is 1. The van der Waals surface area contributed by atoms with E-state index in [1.165, 1.54) is 32.1 Å². The summed E-state index contributed by atoms with van der Waals surface area (Å²) in [4.78, 5) is 11.8. The lowest BCUT2D eigenvalue weighted by Crippen LogP contribution is -2.34. The number of carbonyl (C=O) groups excluding carboxylic acids is 1. The van der Waals surface area contributed by atoms with Crippen LogP contribution in [0.4, 0.5) is 0 Å². The molecule has 1 saturated heterocycles. The van der Waals surface area contributed by atoms with Gasteiger partial charge in [-0.15, -0.1) is 12.4 Å². The van der Waals surface area contributed by atoms with Crippen molar-refractivity contribution in [2.24, 2.45) is 11.3 Å². The van der Waals surface area contributed by atoms with Crippen LogP contribution in [0.2, 0.25) is 0 Å². The van der Waals surface area contributed by atoms with E-state index in [1.807, 2.05) is 0 Å². The van der Waals surface area contributed by atoms with Crippen LogP contribution in [0, 0.1) is 11.3 Å². The van der Waals surface area contributed by atoms with Crippen molar-refractivity contribution in [1.82, 2.24) is 10.6 Å². The first-order valence-electron chi connectivity index (χ1n) is 7.15. The predicted molar refractivity (Wildman–Crippen MR) is 77.0 cm³/mol. The van der Waals surface area contributed by atoms with Crippen LogP contribution >= 0.6 is 12.4 Å². The Hall–Kier alpha value is -0.280. The van der Waals surface area contributed by atoms with Crippen molar-refractivity contribution in [1.29, 1.82) is 0 Å². The van der Waals surface area contributed by atoms with Gasteiger partial charge in [-0.1, -0.05) is 19.8 Å². The summed E-state index contributed by atoms with van der Waals surface area (Å²) in [7, 11) is 0. The van der Waals surface area contributed by atoms with Gasteiger partial charge in [0.15, 0.2) is 0 Å². The molecule has 0 aromatic carbocycles. The van der Waals surface area contributed by atoms with Gasteiger partial charge >= 0.3 is 0 Å². The third kappa shape index (κ3) is 4.77. The lowest BCUT2D eigenvalue weighted by Gasteiger charge is -2.23. The van der Waals surface area contributed by atoms with Crippen molar-refractivity contribution in [3.05, 3.63) is 0 Å². The highest BCUT2D eigenvalue weighted by atomic mass is 35.5. The molecular formula is C14H27ClN2O. The van der Waals surface area contributed by atoms with Crippen molar-refractivity contribution in [3.63, 3.8) is 0 Å². The molecule has 1 aliphatic heterocycles. The van der Waals surface area contributed by atoms with Crippen molar-refractivity contribution in [2.45, 2.75) is 51.9 Å².